The maximum Gasteiger partial charge on any atom is 0.226 e. The Morgan fingerprint density at radius 2 is 2.18 bits per heavy atom. The minimum Gasteiger partial charge on any atom is -0.397 e. The van der Waals surface area contributed by atoms with Crippen molar-refractivity contribution in [2.24, 2.45) is 0 Å². The fraction of sp³-hybridized carbons (Fsp3) is 0. The summed E-state index contributed by atoms with van der Waals surface area (Å²) in [6, 6.07) is 0. The molecule has 2 rings (SSSR count). The average Bonchev–Trinajstić information content (AvgIpc) is 2.41. The number of hydrogen-bond donors (Lipinski definition) is 3. The molecule has 0 spiro atoms. The van der Waals surface area contributed by atoms with Gasteiger partial charge >= 0.3 is 0 Å². The summed E-state index contributed by atoms with van der Waals surface area (Å²) in [7, 11) is 0. The normalized spacial score (nSPS) is 10.9. The maximum atomic E-state index is 9.00. The monoisotopic (exact) mass is 154 g/mol. The summed E-state index contributed by atoms with van der Waals surface area (Å²) in [6.07, 6.45) is 1.37. The second-order valence-corrected chi connectivity index (χ2v) is 2.07. The van der Waals surface area contributed by atoms with Gasteiger partial charge in [-0.15, -0.1) is 5.10 Å². The highest BCUT2D eigenvalue weighted by atomic mass is 16.5. The molecule has 5 N–H and O–H groups in total. The highest BCUT2D eigenvalue weighted by molar-refractivity contribution is 5.67. The van der Waals surface area contributed by atoms with E-state index >= 15 is 0 Å². The lowest BCUT2D eigenvalue weighted by Gasteiger charge is -1.90. The average molecular weight is 154 g/mol. The molecule has 7 heteroatoms. The zero-order valence-corrected chi connectivity index (χ0v) is 5.47. The molecule has 0 bridgehead atoms. The van der Waals surface area contributed by atoms with Gasteiger partial charge in [-0.25, -0.2) is 0 Å². The Hall–Kier alpha value is -1.92. The van der Waals surface area contributed by atoms with E-state index in [1.807, 2.05) is 0 Å². The molecule has 0 aliphatic carbocycles. The minimum atomic E-state index is 0.109. The molecule has 0 radical (unpaired) electrons. The number of rotatable bonds is 0. The van der Waals surface area contributed by atoms with Crippen molar-refractivity contribution in [1.29, 1.82) is 0 Å². The van der Waals surface area contributed by atoms with Gasteiger partial charge in [0.2, 0.25) is 5.95 Å². The first kappa shape index (κ1) is 5.83. The SMILES string of the molecule is Nc1nc(N)n2c1cnn2O. The lowest BCUT2D eigenvalue weighted by Crippen LogP contribution is -2.05. The standard InChI is InChI=1S/C4H6N6O/c5-3-2-1-7-10(11)9(2)4(6)8-3/h1,11H,5H2,(H2,6,8). The van der Waals surface area contributed by atoms with Crippen molar-refractivity contribution in [3.05, 3.63) is 6.20 Å². The number of imidazole rings is 1. The van der Waals surface area contributed by atoms with Crippen LogP contribution in [-0.2, 0) is 0 Å². The van der Waals surface area contributed by atoms with E-state index in [1.54, 1.807) is 0 Å². The molecule has 0 atom stereocenters. The Morgan fingerprint density at radius 1 is 1.45 bits per heavy atom. The fourth-order valence-corrected chi connectivity index (χ4v) is 0.927. The Labute approximate surface area is 60.8 Å². The Balaban J connectivity index is 2.98. The third-order valence-corrected chi connectivity index (χ3v) is 1.40. The van der Waals surface area contributed by atoms with Crippen molar-refractivity contribution in [1.82, 2.24) is 19.6 Å². The van der Waals surface area contributed by atoms with Crippen LogP contribution in [-0.4, -0.2) is 24.8 Å². The van der Waals surface area contributed by atoms with Crippen molar-refractivity contribution in [3.8, 4) is 0 Å². The second kappa shape index (κ2) is 1.57. The van der Waals surface area contributed by atoms with Crippen LogP contribution in [0.4, 0.5) is 11.8 Å². The minimum absolute atomic E-state index is 0.109. The van der Waals surface area contributed by atoms with E-state index < -0.39 is 0 Å². The molecule has 0 aliphatic rings. The van der Waals surface area contributed by atoms with Crippen LogP contribution < -0.4 is 11.5 Å². The molecule has 0 saturated carbocycles. The maximum absolute atomic E-state index is 9.00. The van der Waals surface area contributed by atoms with Gasteiger partial charge < -0.3 is 16.7 Å². The quantitative estimate of drug-likeness (QED) is 0.419. The number of nitrogens with two attached hydrogens (primary N) is 2. The summed E-state index contributed by atoms with van der Waals surface area (Å²) in [5.74, 6) is 0.361. The van der Waals surface area contributed by atoms with E-state index in [4.69, 9.17) is 16.7 Å². The Kier molecular flexibility index (Phi) is 0.831. The van der Waals surface area contributed by atoms with E-state index in [2.05, 4.69) is 10.1 Å². The molecule has 7 nitrogen and oxygen atoms in total. The van der Waals surface area contributed by atoms with Gasteiger partial charge in [-0.05, 0) is 4.96 Å². The van der Waals surface area contributed by atoms with E-state index in [0.29, 0.717) is 10.5 Å². The van der Waals surface area contributed by atoms with Crippen LogP contribution in [0.1, 0.15) is 0 Å². The molecule has 2 aromatic heterocycles. The lowest BCUT2D eigenvalue weighted by atomic mass is 10.6. The molecule has 0 unspecified atom stereocenters. The molecule has 0 saturated heterocycles. The summed E-state index contributed by atoms with van der Waals surface area (Å²) in [6.45, 7) is 0. The van der Waals surface area contributed by atoms with E-state index in [-0.39, 0.29) is 11.8 Å². The first-order valence-corrected chi connectivity index (χ1v) is 2.87. The molecular formula is C4H6N6O. The summed E-state index contributed by atoms with van der Waals surface area (Å²) in [5.41, 5.74) is 11.3. The molecule has 2 heterocycles. The first-order chi connectivity index (χ1) is 5.20. The smallest absolute Gasteiger partial charge is 0.226 e. The number of fused-ring (bicyclic) bond motifs is 1. The Bertz CT molecular complexity index is 400. The summed E-state index contributed by atoms with van der Waals surface area (Å²) >= 11 is 0. The van der Waals surface area contributed by atoms with Crippen LogP contribution in [0.25, 0.3) is 5.52 Å². The van der Waals surface area contributed by atoms with Gasteiger partial charge in [0, 0.05) is 0 Å². The number of hydrogen-bond acceptors (Lipinski definition) is 5. The largest absolute Gasteiger partial charge is 0.397 e. The lowest BCUT2D eigenvalue weighted by molar-refractivity contribution is 0.100. The van der Waals surface area contributed by atoms with Crippen molar-refractivity contribution in [2.45, 2.75) is 0 Å². The van der Waals surface area contributed by atoms with Gasteiger partial charge in [0.05, 0.1) is 6.20 Å². The molecule has 0 aromatic carbocycles. The molecule has 0 aliphatic heterocycles. The van der Waals surface area contributed by atoms with E-state index in [0.717, 1.165) is 0 Å². The molecule has 58 valence electrons. The first-order valence-electron chi connectivity index (χ1n) is 2.87. The van der Waals surface area contributed by atoms with Crippen LogP contribution in [0.5, 0.6) is 0 Å². The molecule has 11 heavy (non-hydrogen) atoms. The van der Waals surface area contributed by atoms with Gasteiger partial charge in [-0.3, -0.25) is 0 Å². The van der Waals surface area contributed by atoms with Crippen LogP contribution >= 0.6 is 0 Å². The van der Waals surface area contributed by atoms with E-state index in [9.17, 15) is 0 Å². The fourth-order valence-electron chi connectivity index (χ4n) is 0.927. The summed E-state index contributed by atoms with van der Waals surface area (Å²) < 4.78 is 1.19. The molecule has 0 fully saturated rings. The van der Waals surface area contributed by atoms with Crippen molar-refractivity contribution in [3.63, 3.8) is 0 Å². The second-order valence-electron chi connectivity index (χ2n) is 2.07. The van der Waals surface area contributed by atoms with Crippen molar-refractivity contribution >= 4 is 17.3 Å². The zero-order valence-electron chi connectivity index (χ0n) is 5.47. The summed E-state index contributed by atoms with van der Waals surface area (Å²) in [5, 5.41) is 12.5. The molecule has 2 aromatic rings. The number of nitrogen functional groups attached to an aromatic ring is 2. The van der Waals surface area contributed by atoms with Crippen LogP contribution in [0, 0.1) is 0 Å². The number of aromatic nitrogens is 4. The highest BCUT2D eigenvalue weighted by Crippen LogP contribution is 2.14. The van der Waals surface area contributed by atoms with Crippen LogP contribution in [0.2, 0.25) is 0 Å². The van der Waals surface area contributed by atoms with Gasteiger partial charge in [0.25, 0.3) is 0 Å². The van der Waals surface area contributed by atoms with Gasteiger partial charge in [0.15, 0.2) is 5.82 Å². The third kappa shape index (κ3) is 0.561. The number of nitrogens with zero attached hydrogens (tertiary/aromatic N) is 4. The highest BCUT2D eigenvalue weighted by Gasteiger charge is 2.09. The molecular weight excluding hydrogens is 148 g/mol. The van der Waals surface area contributed by atoms with Crippen molar-refractivity contribution < 1.29 is 5.21 Å². The zero-order chi connectivity index (χ0) is 8.01. The van der Waals surface area contributed by atoms with Gasteiger partial charge in [0.1, 0.15) is 5.52 Å². The van der Waals surface area contributed by atoms with E-state index in [1.165, 1.54) is 10.7 Å². The predicted molar refractivity (Wildman–Crippen MR) is 37.0 cm³/mol. The van der Waals surface area contributed by atoms with Crippen LogP contribution in [0.3, 0.4) is 0 Å². The third-order valence-electron chi connectivity index (χ3n) is 1.40. The van der Waals surface area contributed by atoms with Crippen molar-refractivity contribution in [2.75, 3.05) is 11.5 Å². The summed E-state index contributed by atoms with van der Waals surface area (Å²) in [4.78, 5) is 4.29. The predicted octanol–water partition coefficient (Wildman–Crippen LogP) is -1.07. The van der Waals surface area contributed by atoms with Gasteiger partial charge in [-0.2, -0.15) is 9.50 Å². The topological polar surface area (TPSA) is 107 Å². The number of anilines is 2. The van der Waals surface area contributed by atoms with Crippen LogP contribution in [0.15, 0.2) is 6.20 Å². The Morgan fingerprint density at radius 3 is 2.82 bits per heavy atom. The molecule has 0 amide bonds. The van der Waals surface area contributed by atoms with Gasteiger partial charge in [-0.1, -0.05) is 0 Å².